The van der Waals surface area contributed by atoms with Crippen LogP contribution in [0.5, 0.6) is 11.5 Å². The van der Waals surface area contributed by atoms with Gasteiger partial charge in [0.1, 0.15) is 42.5 Å². The molecule has 0 spiro atoms. The maximum atomic E-state index is 6.16. The molecule has 4 aromatic carbocycles. The van der Waals surface area contributed by atoms with Crippen LogP contribution >= 0.6 is 0 Å². The standard InChI is InChI=1S/C28H22O5/c1-2-4-24-22(3-1)25-11-19(30-13-21-15-32-21)9-10-23(25)27-26(16-33-28(24)27)17-5-7-18(8-6-17)29-12-20-14-31-20/h1-11,16,20-21H,12-15H2. The van der Waals surface area contributed by atoms with Crippen molar-refractivity contribution in [2.75, 3.05) is 26.4 Å². The number of hydrogen-bond acceptors (Lipinski definition) is 5. The lowest BCUT2D eigenvalue weighted by molar-refractivity contribution is 0.263. The van der Waals surface area contributed by atoms with Crippen LogP contribution in [-0.2, 0) is 9.47 Å². The van der Waals surface area contributed by atoms with Gasteiger partial charge in [-0.2, -0.15) is 0 Å². The Morgan fingerprint density at radius 1 is 0.697 bits per heavy atom. The minimum absolute atomic E-state index is 0.226. The molecule has 0 saturated carbocycles. The number of epoxide rings is 2. The molecule has 2 aliphatic rings. The van der Waals surface area contributed by atoms with E-state index >= 15 is 0 Å². The fraction of sp³-hybridized carbons (Fsp3) is 0.214. The van der Waals surface area contributed by atoms with Crippen LogP contribution in [0.1, 0.15) is 0 Å². The van der Waals surface area contributed by atoms with Crippen LogP contribution in [0.3, 0.4) is 0 Å². The van der Waals surface area contributed by atoms with E-state index in [1.165, 1.54) is 0 Å². The summed E-state index contributed by atoms with van der Waals surface area (Å²) in [5.41, 5.74) is 3.06. The van der Waals surface area contributed by atoms with Crippen LogP contribution in [-0.4, -0.2) is 38.6 Å². The first kappa shape index (κ1) is 19.0. The Balaban J connectivity index is 1.35. The molecular weight excluding hydrogens is 416 g/mol. The van der Waals surface area contributed by atoms with Gasteiger partial charge in [-0.25, -0.2) is 0 Å². The molecule has 7 rings (SSSR count). The zero-order chi connectivity index (χ0) is 21.8. The third-order valence-electron chi connectivity index (χ3n) is 6.36. The summed E-state index contributed by atoms with van der Waals surface area (Å²) in [4.78, 5) is 0. The predicted octanol–water partition coefficient (Wildman–Crippen LogP) is 5.96. The molecule has 2 saturated heterocycles. The molecule has 3 heterocycles. The summed E-state index contributed by atoms with van der Waals surface area (Å²) in [6, 6.07) is 22.9. The van der Waals surface area contributed by atoms with Crippen molar-refractivity contribution in [2.45, 2.75) is 12.2 Å². The van der Waals surface area contributed by atoms with E-state index in [0.717, 1.165) is 68.4 Å². The van der Waals surface area contributed by atoms with Gasteiger partial charge >= 0.3 is 0 Å². The largest absolute Gasteiger partial charge is 0.491 e. The van der Waals surface area contributed by atoms with Crippen LogP contribution in [0, 0.1) is 0 Å². The van der Waals surface area contributed by atoms with Gasteiger partial charge in [-0.15, -0.1) is 0 Å². The minimum atomic E-state index is 0.226. The maximum Gasteiger partial charge on any atom is 0.142 e. The van der Waals surface area contributed by atoms with Crippen molar-refractivity contribution in [3.05, 3.63) is 73.0 Å². The minimum Gasteiger partial charge on any atom is -0.491 e. The molecular formula is C28H22O5. The number of ether oxygens (including phenoxy) is 4. The molecule has 5 nitrogen and oxygen atoms in total. The van der Waals surface area contributed by atoms with E-state index in [2.05, 4.69) is 48.5 Å². The molecule has 0 amide bonds. The Morgan fingerprint density at radius 3 is 2.09 bits per heavy atom. The molecule has 2 atom stereocenters. The molecule has 1 aromatic heterocycles. The van der Waals surface area contributed by atoms with E-state index in [1.807, 2.05) is 24.5 Å². The van der Waals surface area contributed by atoms with E-state index in [9.17, 15) is 0 Å². The highest BCUT2D eigenvalue weighted by molar-refractivity contribution is 6.27. The van der Waals surface area contributed by atoms with E-state index < -0.39 is 0 Å². The van der Waals surface area contributed by atoms with E-state index in [4.69, 9.17) is 23.4 Å². The highest BCUT2D eigenvalue weighted by atomic mass is 16.6. The van der Waals surface area contributed by atoms with Crippen molar-refractivity contribution in [3.8, 4) is 22.6 Å². The third kappa shape index (κ3) is 3.50. The fourth-order valence-electron chi connectivity index (χ4n) is 4.44. The number of rotatable bonds is 7. The van der Waals surface area contributed by atoms with Crippen LogP contribution in [0.4, 0.5) is 0 Å². The Labute approximate surface area is 190 Å². The van der Waals surface area contributed by atoms with Crippen LogP contribution < -0.4 is 9.47 Å². The van der Waals surface area contributed by atoms with E-state index in [0.29, 0.717) is 13.2 Å². The Kier molecular flexibility index (Phi) is 4.32. The topological polar surface area (TPSA) is 56.7 Å². The summed E-state index contributed by atoms with van der Waals surface area (Å²) in [7, 11) is 0. The summed E-state index contributed by atoms with van der Waals surface area (Å²) in [6.45, 7) is 2.76. The van der Waals surface area contributed by atoms with Gasteiger partial charge in [-0.1, -0.05) is 36.4 Å². The van der Waals surface area contributed by atoms with Crippen molar-refractivity contribution in [2.24, 2.45) is 0 Å². The van der Waals surface area contributed by atoms with Crippen LogP contribution in [0.15, 0.2) is 77.4 Å². The van der Waals surface area contributed by atoms with Crippen molar-refractivity contribution in [3.63, 3.8) is 0 Å². The smallest absolute Gasteiger partial charge is 0.142 e. The van der Waals surface area contributed by atoms with Gasteiger partial charge in [0.15, 0.2) is 0 Å². The summed E-state index contributed by atoms with van der Waals surface area (Å²) in [6.07, 6.45) is 2.33. The van der Waals surface area contributed by atoms with Crippen LogP contribution in [0.2, 0.25) is 0 Å². The van der Waals surface area contributed by atoms with Gasteiger partial charge in [0, 0.05) is 16.3 Å². The molecule has 5 heteroatoms. The number of furan rings is 1. The molecule has 2 aliphatic heterocycles. The molecule has 0 aliphatic carbocycles. The lowest BCUT2D eigenvalue weighted by Crippen LogP contribution is -2.03. The highest BCUT2D eigenvalue weighted by Gasteiger charge is 2.24. The van der Waals surface area contributed by atoms with Gasteiger partial charge < -0.3 is 23.4 Å². The van der Waals surface area contributed by atoms with Gasteiger partial charge in [0.05, 0.1) is 19.5 Å². The number of benzene rings is 4. The summed E-state index contributed by atoms with van der Waals surface area (Å²) in [5, 5.41) is 5.66. The van der Waals surface area contributed by atoms with Gasteiger partial charge in [-0.05, 0) is 52.1 Å². The predicted molar refractivity (Wildman–Crippen MR) is 127 cm³/mol. The quantitative estimate of drug-likeness (QED) is 0.232. The Morgan fingerprint density at radius 2 is 1.36 bits per heavy atom. The lowest BCUT2D eigenvalue weighted by Gasteiger charge is -2.11. The first-order valence-electron chi connectivity index (χ1n) is 11.3. The Bertz CT molecular complexity index is 1480. The average molecular weight is 438 g/mol. The highest BCUT2D eigenvalue weighted by Crippen LogP contribution is 2.42. The maximum absolute atomic E-state index is 6.16. The molecule has 0 radical (unpaired) electrons. The second-order valence-corrected chi connectivity index (χ2v) is 8.66. The van der Waals surface area contributed by atoms with Crippen molar-refractivity contribution >= 4 is 32.5 Å². The van der Waals surface area contributed by atoms with Gasteiger partial charge in [-0.3, -0.25) is 0 Å². The number of hydrogen-bond donors (Lipinski definition) is 0. The molecule has 0 bridgehead atoms. The van der Waals surface area contributed by atoms with E-state index in [-0.39, 0.29) is 12.2 Å². The average Bonchev–Trinajstić information content (AvgIpc) is 3.80. The second kappa shape index (κ2) is 7.51. The molecule has 0 N–H and O–H groups in total. The monoisotopic (exact) mass is 438 g/mol. The summed E-state index contributed by atoms with van der Waals surface area (Å²) >= 11 is 0. The summed E-state index contributed by atoms with van der Waals surface area (Å²) in [5.74, 6) is 1.70. The molecule has 2 fully saturated rings. The van der Waals surface area contributed by atoms with Gasteiger partial charge in [0.25, 0.3) is 0 Å². The lowest BCUT2D eigenvalue weighted by atomic mass is 9.94. The Hall–Kier alpha value is -3.54. The fourth-order valence-corrected chi connectivity index (χ4v) is 4.44. The zero-order valence-electron chi connectivity index (χ0n) is 18.0. The number of fused-ring (bicyclic) bond motifs is 6. The van der Waals surface area contributed by atoms with Crippen LogP contribution in [0.25, 0.3) is 43.6 Å². The molecule has 164 valence electrons. The normalized spacial score (nSPS) is 19.3. The summed E-state index contributed by atoms with van der Waals surface area (Å²) < 4.78 is 28.5. The van der Waals surface area contributed by atoms with Crippen molar-refractivity contribution in [1.29, 1.82) is 0 Å². The van der Waals surface area contributed by atoms with E-state index in [1.54, 1.807) is 0 Å². The van der Waals surface area contributed by atoms with Gasteiger partial charge in [0.2, 0.25) is 0 Å². The SMILES string of the molecule is c1ccc2c(c1)c1cc(OCC3CO3)ccc1c1c(-c3ccc(OCC4CO4)cc3)coc21. The zero-order valence-corrected chi connectivity index (χ0v) is 18.0. The third-order valence-corrected chi connectivity index (χ3v) is 6.36. The molecule has 33 heavy (non-hydrogen) atoms. The first-order valence-corrected chi connectivity index (χ1v) is 11.3. The first-order chi connectivity index (χ1) is 16.3. The van der Waals surface area contributed by atoms with Crippen molar-refractivity contribution in [1.82, 2.24) is 0 Å². The second-order valence-electron chi connectivity index (χ2n) is 8.66. The molecule has 2 unspecified atom stereocenters. The molecule has 5 aromatic rings. The van der Waals surface area contributed by atoms with Crippen molar-refractivity contribution < 1.29 is 23.4 Å².